The zero-order chi connectivity index (χ0) is 8.97. The lowest BCUT2D eigenvalue weighted by Crippen LogP contribution is -2.36. The van der Waals surface area contributed by atoms with Crippen molar-refractivity contribution < 1.29 is 14.6 Å². The number of hydrogen-bond donors (Lipinski definition) is 1. The molecule has 68 valence electrons. The molecule has 0 saturated carbocycles. The summed E-state index contributed by atoms with van der Waals surface area (Å²) in [5.41, 5.74) is 0. The maximum absolute atomic E-state index is 10.5. The first-order chi connectivity index (χ1) is 5.74. The molecule has 0 fully saturated rings. The van der Waals surface area contributed by atoms with Crippen molar-refractivity contribution >= 4 is 5.97 Å². The zero-order valence-corrected chi connectivity index (χ0v) is 7.06. The average Bonchev–Trinajstić information content (AvgIpc) is 2.51. The number of hydrogen-bond acceptors (Lipinski definition) is 3. The standard InChI is InChI=1S/C8H13NO3/c1-12-7(8(10)11)6-9-4-2-3-5-9/h2-3,7H,4-6H2,1H3,(H,10,11). The van der Waals surface area contributed by atoms with Crippen LogP contribution in [0, 0.1) is 0 Å². The highest BCUT2D eigenvalue weighted by Crippen LogP contribution is 2.02. The third-order valence-corrected chi connectivity index (χ3v) is 1.88. The number of rotatable bonds is 4. The molecule has 0 aromatic heterocycles. The van der Waals surface area contributed by atoms with Gasteiger partial charge < -0.3 is 9.84 Å². The third kappa shape index (κ3) is 2.32. The van der Waals surface area contributed by atoms with Crippen molar-refractivity contribution in [2.24, 2.45) is 0 Å². The summed E-state index contributed by atoms with van der Waals surface area (Å²) in [7, 11) is 1.42. The van der Waals surface area contributed by atoms with Crippen molar-refractivity contribution in [3.63, 3.8) is 0 Å². The van der Waals surface area contributed by atoms with Crippen LogP contribution in [0.4, 0.5) is 0 Å². The first kappa shape index (κ1) is 9.22. The SMILES string of the molecule is COC(CN1CC=CC1)C(=O)O. The van der Waals surface area contributed by atoms with Gasteiger partial charge in [-0.05, 0) is 0 Å². The Kier molecular flexibility index (Phi) is 3.25. The van der Waals surface area contributed by atoms with Gasteiger partial charge in [0.2, 0.25) is 0 Å². The monoisotopic (exact) mass is 171 g/mol. The van der Waals surface area contributed by atoms with E-state index in [9.17, 15) is 4.79 Å². The summed E-state index contributed by atoms with van der Waals surface area (Å²) in [6, 6.07) is 0. The van der Waals surface area contributed by atoms with Crippen LogP contribution < -0.4 is 0 Å². The highest BCUT2D eigenvalue weighted by molar-refractivity contribution is 5.72. The molecule has 0 spiro atoms. The molecule has 0 radical (unpaired) electrons. The van der Waals surface area contributed by atoms with E-state index in [4.69, 9.17) is 9.84 Å². The normalized spacial score (nSPS) is 19.8. The minimum atomic E-state index is -0.899. The van der Waals surface area contributed by atoms with E-state index in [1.165, 1.54) is 7.11 Å². The summed E-state index contributed by atoms with van der Waals surface area (Å²) in [5, 5.41) is 8.66. The Bertz CT molecular complexity index is 183. The van der Waals surface area contributed by atoms with Gasteiger partial charge in [-0.25, -0.2) is 4.79 Å². The van der Waals surface area contributed by atoms with Crippen LogP contribution in [0.3, 0.4) is 0 Å². The molecule has 0 amide bonds. The molecule has 1 aliphatic heterocycles. The van der Waals surface area contributed by atoms with E-state index in [0.717, 1.165) is 13.1 Å². The molecule has 1 atom stereocenters. The molecule has 0 saturated heterocycles. The Balaban J connectivity index is 2.32. The molecule has 1 heterocycles. The van der Waals surface area contributed by atoms with Crippen LogP contribution >= 0.6 is 0 Å². The van der Waals surface area contributed by atoms with E-state index in [2.05, 4.69) is 0 Å². The van der Waals surface area contributed by atoms with E-state index in [1.807, 2.05) is 17.1 Å². The number of carboxylic acid groups (broad SMARTS) is 1. The van der Waals surface area contributed by atoms with Crippen LogP contribution in [0.15, 0.2) is 12.2 Å². The quantitative estimate of drug-likeness (QED) is 0.603. The van der Waals surface area contributed by atoms with Crippen molar-refractivity contribution in [2.45, 2.75) is 6.10 Å². The van der Waals surface area contributed by atoms with E-state index in [0.29, 0.717) is 6.54 Å². The van der Waals surface area contributed by atoms with Gasteiger partial charge >= 0.3 is 5.97 Å². The molecule has 4 heteroatoms. The van der Waals surface area contributed by atoms with Crippen LogP contribution in [0.1, 0.15) is 0 Å². The van der Waals surface area contributed by atoms with Gasteiger partial charge in [0.25, 0.3) is 0 Å². The minimum Gasteiger partial charge on any atom is -0.479 e. The summed E-state index contributed by atoms with van der Waals surface area (Å²) in [5.74, 6) is -0.899. The summed E-state index contributed by atoms with van der Waals surface area (Å²) in [6.07, 6.45) is 3.34. The maximum Gasteiger partial charge on any atom is 0.334 e. The molecule has 0 aromatic rings. The van der Waals surface area contributed by atoms with Crippen LogP contribution in [0.2, 0.25) is 0 Å². The van der Waals surface area contributed by atoms with E-state index in [1.54, 1.807) is 0 Å². The van der Waals surface area contributed by atoms with Gasteiger partial charge in [-0.15, -0.1) is 0 Å². The fourth-order valence-corrected chi connectivity index (χ4v) is 1.16. The van der Waals surface area contributed by atoms with Gasteiger partial charge in [0.15, 0.2) is 6.10 Å². The van der Waals surface area contributed by atoms with Gasteiger partial charge in [0.05, 0.1) is 0 Å². The van der Waals surface area contributed by atoms with Crippen LogP contribution in [0.25, 0.3) is 0 Å². The van der Waals surface area contributed by atoms with Crippen LogP contribution in [-0.4, -0.2) is 48.8 Å². The lowest BCUT2D eigenvalue weighted by atomic mass is 10.3. The largest absolute Gasteiger partial charge is 0.479 e. The summed E-state index contributed by atoms with van der Waals surface area (Å²) >= 11 is 0. The lowest BCUT2D eigenvalue weighted by molar-refractivity contribution is -0.149. The Morgan fingerprint density at radius 2 is 2.25 bits per heavy atom. The van der Waals surface area contributed by atoms with Crippen molar-refractivity contribution in [3.8, 4) is 0 Å². The van der Waals surface area contributed by atoms with Crippen LogP contribution in [0.5, 0.6) is 0 Å². The highest BCUT2D eigenvalue weighted by Gasteiger charge is 2.20. The number of ether oxygens (including phenoxy) is 1. The van der Waals surface area contributed by atoms with E-state index in [-0.39, 0.29) is 0 Å². The summed E-state index contributed by atoms with van der Waals surface area (Å²) < 4.78 is 4.80. The molecule has 1 rings (SSSR count). The van der Waals surface area contributed by atoms with Gasteiger partial charge in [0.1, 0.15) is 0 Å². The van der Waals surface area contributed by atoms with Crippen molar-refractivity contribution in [2.75, 3.05) is 26.7 Å². The fourth-order valence-electron chi connectivity index (χ4n) is 1.16. The predicted octanol–water partition coefficient (Wildman–Crippen LogP) is -0.0422. The van der Waals surface area contributed by atoms with Gasteiger partial charge in [-0.1, -0.05) is 12.2 Å². The molecule has 0 aromatic carbocycles. The van der Waals surface area contributed by atoms with Gasteiger partial charge in [-0.2, -0.15) is 0 Å². The molecule has 4 nitrogen and oxygen atoms in total. The molecule has 12 heavy (non-hydrogen) atoms. The second-order valence-electron chi connectivity index (χ2n) is 2.75. The van der Waals surface area contributed by atoms with E-state index >= 15 is 0 Å². The van der Waals surface area contributed by atoms with Gasteiger partial charge in [0, 0.05) is 26.7 Å². The molecule has 1 N–H and O–H groups in total. The lowest BCUT2D eigenvalue weighted by Gasteiger charge is -2.18. The second-order valence-corrected chi connectivity index (χ2v) is 2.75. The fraction of sp³-hybridized carbons (Fsp3) is 0.625. The maximum atomic E-state index is 10.5. The van der Waals surface area contributed by atoms with Crippen LogP contribution in [-0.2, 0) is 9.53 Å². The Morgan fingerprint density at radius 3 is 2.67 bits per heavy atom. The topological polar surface area (TPSA) is 49.8 Å². The first-order valence-corrected chi connectivity index (χ1v) is 3.87. The summed E-state index contributed by atoms with van der Waals surface area (Å²) in [4.78, 5) is 12.6. The second kappa shape index (κ2) is 4.23. The van der Waals surface area contributed by atoms with Gasteiger partial charge in [-0.3, -0.25) is 4.90 Å². The van der Waals surface area contributed by atoms with Crippen molar-refractivity contribution in [1.29, 1.82) is 0 Å². The summed E-state index contributed by atoms with van der Waals surface area (Å²) in [6.45, 7) is 2.11. The Labute approximate surface area is 71.4 Å². The smallest absolute Gasteiger partial charge is 0.334 e. The average molecular weight is 171 g/mol. The molecule has 1 aliphatic rings. The Morgan fingerprint density at radius 1 is 1.67 bits per heavy atom. The Hall–Kier alpha value is -0.870. The highest BCUT2D eigenvalue weighted by atomic mass is 16.5. The van der Waals surface area contributed by atoms with Crippen molar-refractivity contribution in [3.05, 3.63) is 12.2 Å². The molecular weight excluding hydrogens is 158 g/mol. The predicted molar refractivity (Wildman–Crippen MR) is 44.0 cm³/mol. The number of carbonyl (C=O) groups is 1. The number of nitrogens with zero attached hydrogens (tertiary/aromatic N) is 1. The molecule has 0 bridgehead atoms. The number of aliphatic carboxylic acids is 1. The molecular formula is C8H13NO3. The molecule has 1 unspecified atom stereocenters. The number of methoxy groups -OCH3 is 1. The zero-order valence-electron chi connectivity index (χ0n) is 7.06. The van der Waals surface area contributed by atoms with Crippen molar-refractivity contribution in [1.82, 2.24) is 4.90 Å². The van der Waals surface area contributed by atoms with E-state index < -0.39 is 12.1 Å². The molecule has 0 aliphatic carbocycles. The number of carboxylic acids is 1. The minimum absolute atomic E-state index is 0.457. The third-order valence-electron chi connectivity index (χ3n) is 1.88. The first-order valence-electron chi connectivity index (χ1n) is 3.87.